The summed E-state index contributed by atoms with van der Waals surface area (Å²) in [5, 5.41) is 11.7. The van der Waals surface area contributed by atoms with Crippen molar-refractivity contribution in [2.75, 3.05) is 0 Å². The first-order chi connectivity index (χ1) is 11.6. The van der Waals surface area contributed by atoms with Crippen LogP contribution >= 0.6 is 46.6 Å². The molecule has 3 heterocycles. The van der Waals surface area contributed by atoms with E-state index >= 15 is 0 Å². The predicted molar refractivity (Wildman–Crippen MR) is 99.3 cm³/mol. The molecule has 0 saturated heterocycles. The highest BCUT2D eigenvalue weighted by atomic mass is 35.5. The van der Waals surface area contributed by atoms with Crippen LogP contribution in [0.3, 0.4) is 0 Å². The molecule has 0 aliphatic rings. The molecule has 24 heavy (non-hydrogen) atoms. The number of fused-ring (bicyclic) bond motifs is 2. The van der Waals surface area contributed by atoms with Gasteiger partial charge in [0.1, 0.15) is 0 Å². The second-order valence-corrected chi connectivity index (χ2v) is 7.27. The van der Waals surface area contributed by atoms with E-state index in [0.717, 1.165) is 16.5 Å². The van der Waals surface area contributed by atoms with E-state index in [1.54, 1.807) is 22.9 Å². The summed E-state index contributed by atoms with van der Waals surface area (Å²) in [6, 6.07) is 9.36. The van der Waals surface area contributed by atoms with E-state index in [1.165, 1.54) is 11.8 Å². The van der Waals surface area contributed by atoms with Crippen LogP contribution in [-0.2, 0) is 5.75 Å². The minimum absolute atomic E-state index is 0.473. The van der Waals surface area contributed by atoms with Crippen LogP contribution in [0.15, 0.2) is 47.9 Å². The zero-order valence-electron chi connectivity index (χ0n) is 12.1. The van der Waals surface area contributed by atoms with E-state index < -0.39 is 0 Å². The smallest absolute Gasteiger partial charge is 0.196 e. The molecule has 4 nitrogen and oxygen atoms in total. The lowest BCUT2D eigenvalue weighted by molar-refractivity contribution is 0.921. The van der Waals surface area contributed by atoms with Crippen LogP contribution in [0.25, 0.3) is 16.6 Å². The predicted octanol–water partition coefficient (Wildman–Crippen LogP) is 5.53. The Kier molecular flexibility index (Phi) is 4.26. The molecule has 0 radical (unpaired) electrons. The fourth-order valence-corrected chi connectivity index (χ4v) is 4.07. The third kappa shape index (κ3) is 2.82. The number of thioether (sulfide) groups is 1. The minimum Gasteiger partial charge on any atom is -0.275 e. The third-order valence-electron chi connectivity index (χ3n) is 3.55. The highest BCUT2D eigenvalue weighted by molar-refractivity contribution is 7.98. The van der Waals surface area contributed by atoms with Crippen molar-refractivity contribution < 1.29 is 0 Å². The maximum absolute atomic E-state index is 6.24. The van der Waals surface area contributed by atoms with Gasteiger partial charge in [-0.05, 0) is 29.8 Å². The average Bonchev–Trinajstić information content (AvgIpc) is 2.98. The highest BCUT2D eigenvalue weighted by Gasteiger charge is 2.12. The van der Waals surface area contributed by atoms with Crippen LogP contribution in [0.2, 0.25) is 15.1 Å². The Morgan fingerprint density at radius 1 is 1.04 bits per heavy atom. The Hall–Kier alpha value is -1.53. The minimum atomic E-state index is 0.473. The molecule has 0 bridgehead atoms. The fourth-order valence-electron chi connectivity index (χ4n) is 2.46. The molecule has 4 aromatic rings. The normalized spacial score (nSPS) is 11.5. The number of halogens is 3. The molecule has 4 rings (SSSR count). The van der Waals surface area contributed by atoms with Crippen LogP contribution in [0.4, 0.5) is 0 Å². The maximum Gasteiger partial charge on any atom is 0.196 e. The van der Waals surface area contributed by atoms with E-state index in [0.29, 0.717) is 31.6 Å². The Balaban J connectivity index is 1.70. The molecule has 0 amide bonds. The second kappa shape index (κ2) is 6.41. The standard InChI is InChI=1S/C16H9Cl3N4S/c17-10-6-13(19)15-21-22-16(23(15)7-10)24-8-9-3-4-12(18)11-2-1-5-20-14(9)11/h1-7H,8H2. The Labute approximate surface area is 156 Å². The molecular weight excluding hydrogens is 387 g/mol. The van der Waals surface area contributed by atoms with Gasteiger partial charge in [0.25, 0.3) is 0 Å². The zero-order valence-corrected chi connectivity index (χ0v) is 15.2. The Morgan fingerprint density at radius 2 is 1.92 bits per heavy atom. The van der Waals surface area contributed by atoms with Crippen molar-refractivity contribution in [3.05, 3.63) is 63.4 Å². The van der Waals surface area contributed by atoms with Crippen molar-refractivity contribution >= 4 is 63.1 Å². The van der Waals surface area contributed by atoms with Crippen LogP contribution in [0.1, 0.15) is 5.56 Å². The van der Waals surface area contributed by atoms with Crippen molar-refractivity contribution in [3.8, 4) is 0 Å². The maximum atomic E-state index is 6.24. The molecule has 0 aliphatic heterocycles. The number of hydrogen-bond donors (Lipinski definition) is 0. The molecule has 0 aliphatic carbocycles. The molecule has 0 saturated carbocycles. The first-order valence-electron chi connectivity index (χ1n) is 6.98. The van der Waals surface area contributed by atoms with Crippen LogP contribution in [-0.4, -0.2) is 19.6 Å². The average molecular weight is 396 g/mol. The van der Waals surface area contributed by atoms with Gasteiger partial charge in [-0.25, -0.2) is 0 Å². The van der Waals surface area contributed by atoms with Gasteiger partial charge in [-0.1, -0.05) is 52.6 Å². The van der Waals surface area contributed by atoms with Crippen molar-refractivity contribution in [2.45, 2.75) is 10.9 Å². The number of pyridine rings is 2. The first kappa shape index (κ1) is 16.0. The number of nitrogens with zero attached hydrogens (tertiary/aromatic N) is 4. The van der Waals surface area contributed by atoms with Crippen molar-refractivity contribution in [2.24, 2.45) is 0 Å². The SMILES string of the molecule is Clc1cc(Cl)c2nnc(SCc3ccc(Cl)c4cccnc34)n2c1. The summed E-state index contributed by atoms with van der Waals surface area (Å²) in [6.07, 6.45) is 3.52. The van der Waals surface area contributed by atoms with Gasteiger partial charge < -0.3 is 0 Å². The summed E-state index contributed by atoms with van der Waals surface area (Å²) in [7, 11) is 0. The Morgan fingerprint density at radius 3 is 2.79 bits per heavy atom. The molecule has 0 atom stereocenters. The van der Waals surface area contributed by atoms with Gasteiger partial charge in [0.15, 0.2) is 10.8 Å². The molecule has 1 aromatic carbocycles. The third-order valence-corrected chi connectivity index (χ3v) is 5.36. The van der Waals surface area contributed by atoms with E-state index in [1.807, 2.05) is 24.3 Å². The lowest BCUT2D eigenvalue weighted by Crippen LogP contribution is -1.91. The van der Waals surface area contributed by atoms with E-state index in [-0.39, 0.29) is 0 Å². The molecular formula is C16H9Cl3N4S. The second-order valence-electron chi connectivity index (χ2n) is 5.08. The lowest BCUT2D eigenvalue weighted by Gasteiger charge is -2.06. The summed E-state index contributed by atoms with van der Waals surface area (Å²) >= 11 is 20.0. The summed E-state index contributed by atoms with van der Waals surface area (Å²) in [5.74, 6) is 0.676. The first-order valence-corrected chi connectivity index (χ1v) is 9.10. The molecule has 0 fully saturated rings. The van der Waals surface area contributed by atoms with Crippen LogP contribution in [0.5, 0.6) is 0 Å². The van der Waals surface area contributed by atoms with E-state index in [9.17, 15) is 0 Å². The zero-order chi connectivity index (χ0) is 16.7. The lowest BCUT2D eigenvalue weighted by atomic mass is 10.1. The van der Waals surface area contributed by atoms with Crippen molar-refractivity contribution in [1.82, 2.24) is 19.6 Å². The van der Waals surface area contributed by atoms with Gasteiger partial charge in [0.2, 0.25) is 0 Å². The molecule has 3 aromatic heterocycles. The van der Waals surface area contributed by atoms with Crippen LogP contribution < -0.4 is 0 Å². The van der Waals surface area contributed by atoms with Gasteiger partial charge in [0, 0.05) is 28.6 Å². The van der Waals surface area contributed by atoms with Gasteiger partial charge in [0.05, 0.1) is 15.6 Å². The van der Waals surface area contributed by atoms with E-state index in [2.05, 4.69) is 15.2 Å². The molecule has 0 unspecified atom stereocenters. The number of benzene rings is 1. The quantitative estimate of drug-likeness (QED) is 0.428. The highest BCUT2D eigenvalue weighted by Crippen LogP contribution is 2.31. The van der Waals surface area contributed by atoms with Gasteiger partial charge >= 0.3 is 0 Å². The largest absolute Gasteiger partial charge is 0.275 e. The summed E-state index contributed by atoms with van der Waals surface area (Å²) in [6.45, 7) is 0. The van der Waals surface area contributed by atoms with Crippen molar-refractivity contribution in [1.29, 1.82) is 0 Å². The monoisotopic (exact) mass is 394 g/mol. The summed E-state index contributed by atoms with van der Waals surface area (Å²) in [4.78, 5) is 4.45. The van der Waals surface area contributed by atoms with Crippen LogP contribution in [0, 0.1) is 0 Å². The molecule has 8 heteroatoms. The topological polar surface area (TPSA) is 43.1 Å². The summed E-state index contributed by atoms with van der Waals surface area (Å²) in [5.41, 5.74) is 2.55. The van der Waals surface area contributed by atoms with Crippen molar-refractivity contribution in [3.63, 3.8) is 0 Å². The van der Waals surface area contributed by atoms with Gasteiger partial charge in [-0.2, -0.15) is 0 Å². The molecule has 120 valence electrons. The van der Waals surface area contributed by atoms with Gasteiger partial charge in [-0.15, -0.1) is 10.2 Å². The summed E-state index contributed by atoms with van der Waals surface area (Å²) < 4.78 is 1.79. The Bertz CT molecular complexity index is 1060. The van der Waals surface area contributed by atoms with E-state index in [4.69, 9.17) is 34.8 Å². The molecule has 0 N–H and O–H groups in total. The number of hydrogen-bond acceptors (Lipinski definition) is 4. The fraction of sp³-hybridized carbons (Fsp3) is 0.0625. The number of aromatic nitrogens is 4. The molecule has 0 spiro atoms. The van der Waals surface area contributed by atoms with Gasteiger partial charge in [-0.3, -0.25) is 9.38 Å². The number of rotatable bonds is 3.